The first-order chi connectivity index (χ1) is 5.52. The molecule has 1 N–H and O–H groups in total. The van der Waals surface area contributed by atoms with E-state index in [0.29, 0.717) is 5.41 Å². The highest BCUT2D eigenvalue weighted by Gasteiger charge is 2.28. The number of rotatable bonds is 0. The van der Waals surface area contributed by atoms with E-state index in [0.717, 1.165) is 12.6 Å². The van der Waals surface area contributed by atoms with Gasteiger partial charge >= 0.3 is 0 Å². The maximum atomic E-state index is 3.44. The van der Waals surface area contributed by atoms with Gasteiger partial charge in [-0.05, 0) is 25.4 Å². The Morgan fingerprint density at radius 3 is 2.50 bits per heavy atom. The minimum atomic E-state index is 0.417. The fourth-order valence-electron chi connectivity index (χ4n) is 2.09. The minimum Gasteiger partial charge on any atom is -0.315 e. The SMILES string of the molecule is CN1CCNCCC1C(C)(C)C. The Morgan fingerprint density at radius 2 is 1.92 bits per heavy atom. The second-order valence-corrected chi connectivity index (χ2v) is 4.90. The molecule has 1 fully saturated rings. The summed E-state index contributed by atoms with van der Waals surface area (Å²) in [5.74, 6) is 0. The Kier molecular flexibility index (Phi) is 3.13. The lowest BCUT2D eigenvalue weighted by atomic mass is 9.84. The first kappa shape index (κ1) is 10.0. The third-order valence-corrected chi connectivity index (χ3v) is 2.77. The van der Waals surface area contributed by atoms with Crippen molar-refractivity contribution in [3.63, 3.8) is 0 Å². The van der Waals surface area contributed by atoms with Crippen molar-refractivity contribution in [2.24, 2.45) is 5.41 Å². The zero-order chi connectivity index (χ0) is 9.19. The van der Waals surface area contributed by atoms with Gasteiger partial charge in [0, 0.05) is 19.1 Å². The topological polar surface area (TPSA) is 15.3 Å². The van der Waals surface area contributed by atoms with Crippen LogP contribution in [-0.4, -0.2) is 37.6 Å². The first-order valence-corrected chi connectivity index (χ1v) is 4.93. The molecule has 72 valence electrons. The van der Waals surface area contributed by atoms with Crippen LogP contribution in [0.1, 0.15) is 27.2 Å². The summed E-state index contributed by atoms with van der Waals surface area (Å²) in [4.78, 5) is 2.49. The molecule has 1 heterocycles. The van der Waals surface area contributed by atoms with Gasteiger partial charge in [0.25, 0.3) is 0 Å². The molecule has 12 heavy (non-hydrogen) atoms. The monoisotopic (exact) mass is 170 g/mol. The molecular formula is C10H22N2. The van der Waals surface area contributed by atoms with Gasteiger partial charge < -0.3 is 10.2 Å². The van der Waals surface area contributed by atoms with Gasteiger partial charge in [0.2, 0.25) is 0 Å². The molecule has 1 saturated heterocycles. The fraction of sp³-hybridized carbons (Fsp3) is 1.00. The van der Waals surface area contributed by atoms with Gasteiger partial charge in [-0.25, -0.2) is 0 Å². The molecule has 0 bridgehead atoms. The van der Waals surface area contributed by atoms with E-state index in [2.05, 4.69) is 38.0 Å². The lowest BCUT2D eigenvalue weighted by Gasteiger charge is -2.36. The first-order valence-electron chi connectivity index (χ1n) is 4.93. The number of nitrogens with zero attached hydrogens (tertiary/aromatic N) is 1. The number of hydrogen-bond acceptors (Lipinski definition) is 2. The molecule has 2 nitrogen and oxygen atoms in total. The summed E-state index contributed by atoms with van der Waals surface area (Å²) in [6.07, 6.45) is 1.28. The van der Waals surface area contributed by atoms with E-state index in [1.807, 2.05) is 0 Å². The molecule has 0 amide bonds. The molecule has 0 saturated carbocycles. The second-order valence-electron chi connectivity index (χ2n) is 4.90. The number of likely N-dealkylation sites (N-methyl/N-ethyl adjacent to an activating group) is 1. The largest absolute Gasteiger partial charge is 0.315 e. The van der Waals surface area contributed by atoms with Gasteiger partial charge in [-0.2, -0.15) is 0 Å². The molecule has 0 aromatic rings. The van der Waals surface area contributed by atoms with Gasteiger partial charge in [-0.1, -0.05) is 20.8 Å². The van der Waals surface area contributed by atoms with E-state index in [4.69, 9.17) is 0 Å². The summed E-state index contributed by atoms with van der Waals surface area (Å²) >= 11 is 0. The van der Waals surface area contributed by atoms with Crippen LogP contribution in [0.4, 0.5) is 0 Å². The lowest BCUT2D eigenvalue weighted by molar-refractivity contribution is 0.132. The predicted molar refractivity (Wildman–Crippen MR) is 53.4 cm³/mol. The van der Waals surface area contributed by atoms with Crippen LogP contribution in [-0.2, 0) is 0 Å². The van der Waals surface area contributed by atoms with E-state index >= 15 is 0 Å². The lowest BCUT2D eigenvalue weighted by Crippen LogP contribution is -2.41. The Bertz CT molecular complexity index is 137. The van der Waals surface area contributed by atoms with Crippen LogP contribution in [0.25, 0.3) is 0 Å². The van der Waals surface area contributed by atoms with Crippen LogP contribution < -0.4 is 5.32 Å². The summed E-state index contributed by atoms with van der Waals surface area (Å²) in [5.41, 5.74) is 0.417. The Balaban J connectivity index is 2.59. The highest BCUT2D eigenvalue weighted by atomic mass is 15.2. The van der Waals surface area contributed by atoms with Crippen molar-refractivity contribution in [1.29, 1.82) is 0 Å². The van der Waals surface area contributed by atoms with E-state index in [1.54, 1.807) is 0 Å². The van der Waals surface area contributed by atoms with Gasteiger partial charge in [0.05, 0.1) is 0 Å². The normalized spacial score (nSPS) is 28.5. The molecule has 0 aromatic carbocycles. The minimum absolute atomic E-state index is 0.417. The van der Waals surface area contributed by atoms with Gasteiger partial charge in [0.15, 0.2) is 0 Å². The van der Waals surface area contributed by atoms with Crippen molar-refractivity contribution in [1.82, 2.24) is 10.2 Å². The van der Waals surface area contributed by atoms with Crippen LogP contribution in [0, 0.1) is 5.41 Å². The Hall–Kier alpha value is -0.0800. The zero-order valence-electron chi connectivity index (χ0n) is 8.85. The summed E-state index contributed by atoms with van der Waals surface area (Å²) in [7, 11) is 2.24. The van der Waals surface area contributed by atoms with Crippen molar-refractivity contribution in [2.75, 3.05) is 26.7 Å². The van der Waals surface area contributed by atoms with E-state index < -0.39 is 0 Å². The van der Waals surface area contributed by atoms with Crippen LogP contribution in [0.5, 0.6) is 0 Å². The van der Waals surface area contributed by atoms with Crippen molar-refractivity contribution < 1.29 is 0 Å². The molecular weight excluding hydrogens is 148 g/mol. The molecule has 1 aliphatic rings. The van der Waals surface area contributed by atoms with Crippen molar-refractivity contribution in [3.8, 4) is 0 Å². The van der Waals surface area contributed by atoms with Gasteiger partial charge in [0.1, 0.15) is 0 Å². The van der Waals surface area contributed by atoms with Crippen LogP contribution in [0.2, 0.25) is 0 Å². The molecule has 0 spiro atoms. The molecule has 0 aliphatic carbocycles. The average Bonchev–Trinajstić information content (AvgIpc) is 2.11. The third kappa shape index (κ3) is 2.46. The smallest absolute Gasteiger partial charge is 0.0153 e. The molecule has 1 aliphatic heterocycles. The van der Waals surface area contributed by atoms with E-state index in [1.165, 1.54) is 19.5 Å². The summed E-state index contributed by atoms with van der Waals surface area (Å²) in [6.45, 7) is 10.5. The predicted octanol–water partition coefficient (Wildman–Crippen LogP) is 1.33. The maximum absolute atomic E-state index is 3.44. The number of hydrogen-bond donors (Lipinski definition) is 1. The average molecular weight is 170 g/mol. The van der Waals surface area contributed by atoms with E-state index in [-0.39, 0.29) is 0 Å². The van der Waals surface area contributed by atoms with Gasteiger partial charge in [-0.3, -0.25) is 0 Å². The Morgan fingerprint density at radius 1 is 1.25 bits per heavy atom. The zero-order valence-corrected chi connectivity index (χ0v) is 8.85. The highest BCUT2D eigenvalue weighted by molar-refractivity contribution is 4.84. The van der Waals surface area contributed by atoms with Crippen molar-refractivity contribution in [3.05, 3.63) is 0 Å². The van der Waals surface area contributed by atoms with E-state index in [9.17, 15) is 0 Å². The quantitative estimate of drug-likeness (QED) is 0.590. The summed E-state index contributed by atoms with van der Waals surface area (Å²) < 4.78 is 0. The fourth-order valence-corrected chi connectivity index (χ4v) is 2.09. The van der Waals surface area contributed by atoms with Crippen LogP contribution in [0.15, 0.2) is 0 Å². The van der Waals surface area contributed by atoms with Gasteiger partial charge in [-0.15, -0.1) is 0 Å². The molecule has 1 rings (SSSR count). The standard InChI is InChI=1S/C10H22N2/c1-10(2,3)9-5-6-11-7-8-12(9)4/h9,11H,5-8H2,1-4H3. The summed E-state index contributed by atoms with van der Waals surface area (Å²) in [6, 6.07) is 0.729. The molecule has 1 unspecified atom stereocenters. The maximum Gasteiger partial charge on any atom is 0.0153 e. The second kappa shape index (κ2) is 3.75. The highest BCUT2D eigenvalue weighted by Crippen LogP contribution is 2.26. The molecule has 2 heteroatoms. The summed E-state index contributed by atoms with van der Waals surface area (Å²) in [5, 5.41) is 3.44. The molecule has 1 atom stereocenters. The number of nitrogens with one attached hydrogen (secondary N) is 1. The van der Waals surface area contributed by atoms with Crippen LogP contribution in [0.3, 0.4) is 0 Å². The van der Waals surface area contributed by atoms with Crippen LogP contribution >= 0.6 is 0 Å². The molecule has 0 aromatic heterocycles. The molecule has 0 radical (unpaired) electrons. The Labute approximate surface area is 76.3 Å². The van der Waals surface area contributed by atoms with Crippen molar-refractivity contribution in [2.45, 2.75) is 33.2 Å². The third-order valence-electron chi connectivity index (χ3n) is 2.77. The van der Waals surface area contributed by atoms with Crippen molar-refractivity contribution >= 4 is 0 Å².